The first-order chi connectivity index (χ1) is 8.59. The second kappa shape index (κ2) is 6.06. The predicted molar refractivity (Wildman–Crippen MR) is 64.3 cm³/mol. The zero-order chi connectivity index (χ0) is 13.1. The van der Waals surface area contributed by atoms with Gasteiger partial charge in [-0.05, 0) is 28.1 Å². The van der Waals surface area contributed by atoms with Crippen molar-refractivity contribution >= 4 is 15.9 Å². The maximum Gasteiger partial charge on any atom is 0.143 e. The fourth-order valence-corrected chi connectivity index (χ4v) is 2.20. The van der Waals surface area contributed by atoms with Crippen LogP contribution in [0.1, 0.15) is 5.56 Å². The number of benzene rings is 1. The molecule has 1 fully saturated rings. The van der Waals surface area contributed by atoms with Crippen LogP contribution in [0.5, 0.6) is 0 Å². The van der Waals surface area contributed by atoms with E-state index in [9.17, 15) is 13.9 Å². The molecule has 100 valence electrons. The first kappa shape index (κ1) is 13.9. The monoisotopic (exact) mass is 322 g/mol. The van der Waals surface area contributed by atoms with Crippen molar-refractivity contribution in [1.82, 2.24) is 0 Å². The van der Waals surface area contributed by atoms with E-state index in [0.717, 1.165) is 6.07 Å². The quantitative estimate of drug-likeness (QED) is 0.866. The normalized spacial score (nSPS) is 21.9. The Morgan fingerprint density at radius 3 is 2.83 bits per heavy atom. The molecule has 0 aromatic heterocycles. The molecule has 1 heterocycles. The highest BCUT2D eigenvalue weighted by Crippen LogP contribution is 2.23. The minimum atomic E-state index is -0.997. The van der Waals surface area contributed by atoms with Crippen LogP contribution in [-0.2, 0) is 15.9 Å². The van der Waals surface area contributed by atoms with E-state index >= 15 is 0 Å². The standard InChI is InChI=1S/C12H13BrF2O3/c13-8-1-2-9(14)7(12(8)15)5-10(16)11-6-17-3-4-18-11/h1-2,10-11,16H,3-6H2. The number of rotatable bonds is 3. The van der Waals surface area contributed by atoms with Crippen LogP contribution in [0.25, 0.3) is 0 Å². The molecule has 0 aliphatic carbocycles. The molecule has 2 atom stereocenters. The molecule has 2 unspecified atom stereocenters. The van der Waals surface area contributed by atoms with Crippen molar-refractivity contribution in [3.63, 3.8) is 0 Å². The summed E-state index contributed by atoms with van der Waals surface area (Å²) in [7, 11) is 0. The molecule has 1 aliphatic heterocycles. The lowest BCUT2D eigenvalue weighted by Crippen LogP contribution is -2.39. The Labute approximate surface area is 112 Å². The summed E-state index contributed by atoms with van der Waals surface area (Å²) >= 11 is 2.99. The first-order valence-corrected chi connectivity index (χ1v) is 6.38. The van der Waals surface area contributed by atoms with E-state index in [1.165, 1.54) is 6.07 Å². The zero-order valence-electron chi connectivity index (χ0n) is 9.54. The number of ether oxygens (including phenoxy) is 2. The highest BCUT2D eigenvalue weighted by atomic mass is 79.9. The Balaban J connectivity index is 2.10. The molecule has 1 aromatic carbocycles. The Morgan fingerprint density at radius 1 is 1.39 bits per heavy atom. The summed E-state index contributed by atoms with van der Waals surface area (Å²) in [5, 5.41) is 9.91. The van der Waals surface area contributed by atoms with Crippen molar-refractivity contribution in [3.8, 4) is 0 Å². The smallest absolute Gasteiger partial charge is 0.143 e. The number of aliphatic hydroxyl groups excluding tert-OH is 1. The van der Waals surface area contributed by atoms with Gasteiger partial charge in [-0.3, -0.25) is 0 Å². The van der Waals surface area contributed by atoms with Crippen LogP contribution in [0.2, 0.25) is 0 Å². The van der Waals surface area contributed by atoms with E-state index in [1.807, 2.05) is 0 Å². The van der Waals surface area contributed by atoms with Gasteiger partial charge in [-0.15, -0.1) is 0 Å². The molecule has 1 aliphatic rings. The summed E-state index contributed by atoms with van der Waals surface area (Å²) in [6, 6.07) is 2.45. The van der Waals surface area contributed by atoms with Gasteiger partial charge in [0.2, 0.25) is 0 Å². The Kier molecular flexibility index (Phi) is 4.66. The van der Waals surface area contributed by atoms with Crippen molar-refractivity contribution in [2.24, 2.45) is 0 Å². The largest absolute Gasteiger partial charge is 0.390 e. The topological polar surface area (TPSA) is 38.7 Å². The van der Waals surface area contributed by atoms with Gasteiger partial charge in [-0.1, -0.05) is 0 Å². The molecular weight excluding hydrogens is 310 g/mol. The third-order valence-electron chi connectivity index (χ3n) is 2.82. The Morgan fingerprint density at radius 2 is 2.17 bits per heavy atom. The molecule has 0 spiro atoms. The summed E-state index contributed by atoms with van der Waals surface area (Å²) in [6.45, 7) is 1.09. The van der Waals surface area contributed by atoms with Crippen molar-refractivity contribution in [2.45, 2.75) is 18.6 Å². The molecular formula is C12H13BrF2O3. The van der Waals surface area contributed by atoms with Gasteiger partial charge in [0.1, 0.15) is 17.7 Å². The van der Waals surface area contributed by atoms with E-state index in [2.05, 4.69) is 15.9 Å². The Bertz CT molecular complexity index is 422. The number of halogens is 3. The van der Waals surface area contributed by atoms with Gasteiger partial charge >= 0.3 is 0 Å². The van der Waals surface area contributed by atoms with Crippen LogP contribution < -0.4 is 0 Å². The summed E-state index contributed by atoms with van der Waals surface area (Å²) in [5.41, 5.74) is -0.147. The van der Waals surface area contributed by atoms with Gasteiger partial charge < -0.3 is 14.6 Å². The van der Waals surface area contributed by atoms with E-state index in [0.29, 0.717) is 13.2 Å². The van der Waals surface area contributed by atoms with E-state index in [4.69, 9.17) is 9.47 Å². The lowest BCUT2D eigenvalue weighted by atomic mass is 10.0. The second-order valence-corrected chi connectivity index (χ2v) is 4.93. The van der Waals surface area contributed by atoms with Gasteiger partial charge in [0.25, 0.3) is 0 Å². The van der Waals surface area contributed by atoms with Gasteiger partial charge in [-0.2, -0.15) is 0 Å². The maximum atomic E-state index is 13.7. The van der Waals surface area contributed by atoms with E-state index in [1.54, 1.807) is 0 Å². The molecule has 0 radical (unpaired) electrons. The summed E-state index contributed by atoms with van der Waals surface area (Å²) in [6.07, 6.45) is -1.69. The molecule has 0 bridgehead atoms. The molecule has 2 rings (SSSR count). The summed E-state index contributed by atoms with van der Waals surface area (Å²) in [4.78, 5) is 0. The van der Waals surface area contributed by atoms with Crippen LogP contribution in [0.4, 0.5) is 8.78 Å². The van der Waals surface area contributed by atoms with Crippen LogP contribution >= 0.6 is 15.9 Å². The molecule has 1 aromatic rings. The highest BCUT2D eigenvalue weighted by Gasteiger charge is 2.26. The fourth-order valence-electron chi connectivity index (χ4n) is 1.82. The lowest BCUT2D eigenvalue weighted by molar-refractivity contribution is -0.131. The lowest BCUT2D eigenvalue weighted by Gasteiger charge is -2.27. The van der Waals surface area contributed by atoms with E-state index in [-0.39, 0.29) is 23.1 Å². The van der Waals surface area contributed by atoms with Gasteiger partial charge in [0.15, 0.2) is 0 Å². The van der Waals surface area contributed by atoms with Gasteiger partial charge in [-0.25, -0.2) is 8.78 Å². The van der Waals surface area contributed by atoms with Gasteiger partial charge in [0, 0.05) is 12.0 Å². The molecule has 3 nitrogen and oxygen atoms in total. The third-order valence-corrected chi connectivity index (χ3v) is 3.44. The first-order valence-electron chi connectivity index (χ1n) is 5.59. The number of hydrogen-bond acceptors (Lipinski definition) is 3. The highest BCUT2D eigenvalue weighted by molar-refractivity contribution is 9.10. The van der Waals surface area contributed by atoms with Crippen molar-refractivity contribution in [1.29, 1.82) is 0 Å². The molecule has 1 N–H and O–H groups in total. The minimum absolute atomic E-state index is 0.147. The van der Waals surface area contributed by atoms with Crippen LogP contribution in [0.3, 0.4) is 0 Å². The number of hydrogen-bond donors (Lipinski definition) is 1. The molecule has 6 heteroatoms. The molecule has 1 saturated heterocycles. The number of aliphatic hydroxyl groups is 1. The van der Waals surface area contributed by atoms with Crippen molar-refractivity contribution in [3.05, 3.63) is 33.8 Å². The van der Waals surface area contributed by atoms with Crippen LogP contribution in [0.15, 0.2) is 16.6 Å². The third kappa shape index (κ3) is 3.06. The minimum Gasteiger partial charge on any atom is -0.390 e. The summed E-state index contributed by atoms with van der Waals surface area (Å²) < 4.78 is 37.8. The van der Waals surface area contributed by atoms with Gasteiger partial charge in [0.05, 0.1) is 30.4 Å². The zero-order valence-corrected chi connectivity index (χ0v) is 11.1. The Hall–Kier alpha value is -0.560. The van der Waals surface area contributed by atoms with Crippen molar-refractivity contribution < 1.29 is 23.4 Å². The molecule has 0 amide bonds. The summed E-state index contributed by atoms with van der Waals surface area (Å²) in [5.74, 6) is -1.36. The molecule has 18 heavy (non-hydrogen) atoms. The predicted octanol–water partition coefficient (Wildman–Crippen LogP) is 2.05. The average Bonchev–Trinajstić information content (AvgIpc) is 2.40. The fraction of sp³-hybridized carbons (Fsp3) is 0.500. The van der Waals surface area contributed by atoms with E-state index < -0.39 is 23.8 Å². The van der Waals surface area contributed by atoms with Crippen LogP contribution in [0, 0.1) is 11.6 Å². The molecule has 0 saturated carbocycles. The van der Waals surface area contributed by atoms with Crippen molar-refractivity contribution in [2.75, 3.05) is 19.8 Å². The SMILES string of the molecule is OC(Cc1c(F)ccc(Br)c1F)C1COCCO1. The maximum absolute atomic E-state index is 13.7. The average molecular weight is 323 g/mol. The van der Waals surface area contributed by atoms with Crippen LogP contribution in [-0.4, -0.2) is 37.1 Å². The second-order valence-electron chi connectivity index (χ2n) is 4.08.